The third-order valence-corrected chi connectivity index (χ3v) is 8.38. The first-order chi connectivity index (χ1) is 20.2. The molecule has 41 heavy (non-hydrogen) atoms. The zero-order valence-corrected chi connectivity index (χ0v) is 28.2. The summed E-state index contributed by atoms with van der Waals surface area (Å²) in [6.45, 7) is 11.4. The van der Waals surface area contributed by atoms with E-state index in [2.05, 4.69) is 85.9 Å². The van der Waals surface area contributed by atoms with Crippen molar-refractivity contribution in [1.29, 1.82) is 0 Å². The van der Waals surface area contributed by atoms with Crippen molar-refractivity contribution in [3.05, 3.63) is 60.2 Å². The average Bonchev–Trinajstić information content (AvgIpc) is 2.99. The van der Waals surface area contributed by atoms with Gasteiger partial charge in [0.2, 0.25) is 0 Å². The van der Waals surface area contributed by atoms with Gasteiger partial charge in [0.15, 0.2) is 24.8 Å². The Bertz CT molecular complexity index is 780. The summed E-state index contributed by atoms with van der Waals surface area (Å²) in [6, 6.07) is 9.03. The number of nitrogens with zero attached hydrogens (tertiary/aromatic N) is 2. The van der Waals surface area contributed by atoms with E-state index in [0.717, 1.165) is 0 Å². The minimum absolute atomic E-state index is 1.18. The summed E-state index contributed by atoms with van der Waals surface area (Å²) >= 11 is 0. The first kappa shape index (κ1) is 37.3. The Balaban J connectivity index is 0.000000435. The van der Waals surface area contributed by atoms with Crippen LogP contribution in [0.2, 0.25) is 0 Å². The van der Waals surface area contributed by atoms with Crippen molar-refractivity contribution in [2.45, 2.75) is 188 Å². The highest BCUT2D eigenvalue weighted by Crippen LogP contribution is 2.11. The smallest absolute Gasteiger partial charge is 0.169 e. The van der Waals surface area contributed by atoms with Crippen molar-refractivity contribution in [1.82, 2.24) is 0 Å². The van der Waals surface area contributed by atoms with Crippen molar-refractivity contribution in [3.8, 4) is 0 Å². The fourth-order valence-corrected chi connectivity index (χ4v) is 5.45. The van der Waals surface area contributed by atoms with Gasteiger partial charge in [-0.2, -0.15) is 0 Å². The number of rotatable bonds is 25. The molecule has 0 spiro atoms. The Morgan fingerprint density at radius 3 is 1.10 bits per heavy atom. The van der Waals surface area contributed by atoms with E-state index in [4.69, 9.17) is 0 Å². The Morgan fingerprint density at radius 2 is 0.707 bits per heavy atom. The number of aryl methyl sites for hydroxylation is 4. The summed E-state index contributed by atoms with van der Waals surface area (Å²) < 4.78 is 4.66. The zero-order chi connectivity index (χ0) is 29.6. The molecule has 0 saturated heterocycles. The van der Waals surface area contributed by atoms with E-state index < -0.39 is 0 Å². The molecule has 0 aliphatic heterocycles. The van der Waals surface area contributed by atoms with Gasteiger partial charge in [-0.15, -0.1) is 0 Å². The molecule has 0 fully saturated rings. The highest BCUT2D eigenvalue weighted by Gasteiger charge is 2.02. The molecule has 0 unspecified atom stereocenters. The van der Waals surface area contributed by atoms with Crippen LogP contribution in [-0.4, -0.2) is 0 Å². The minimum atomic E-state index is 1.18. The number of hydrogen-bond acceptors (Lipinski definition) is 0. The lowest BCUT2D eigenvalue weighted by Crippen LogP contribution is -2.32. The van der Waals surface area contributed by atoms with E-state index in [1.165, 1.54) is 172 Å². The first-order valence-corrected chi connectivity index (χ1v) is 18.1. The maximum absolute atomic E-state index is 2.36. The number of pyridine rings is 2. The summed E-state index contributed by atoms with van der Waals surface area (Å²) in [4.78, 5) is 0. The van der Waals surface area contributed by atoms with Gasteiger partial charge in [-0.3, -0.25) is 0 Å². The molecule has 2 aromatic rings. The molecule has 234 valence electrons. The van der Waals surface area contributed by atoms with Gasteiger partial charge >= 0.3 is 0 Å². The van der Waals surface area contributed by atoms with Crippen LogP contribution in [0.25, 0.3) is 0 Å². The lowest BCUT2D eigenvalue weighted by molar-refractivity contribution is -0.697. The van der Waals surface area contributed by atoms with Crippen LogP contribution in [0.3, 0.4) is 0 Å². The molecule has 2 heteroatoms. The number of aromatic nitrogens is 2. The molecule has 0 aromatic carbocycles. The fraction of sp³-hybridized carbons (Fsp3) is 0.744. The standard InChI is InChI=1S/C23H42N.C16H28N/c1-3-5-7-9-11-12-14-16-20-24-21-18-23(19-22-24)17-15-13-10-8-6-4-2;1-3-4-5-6-7-8-9-10-13-17-14-11-16(2)12-15-17/h18-19,21-22H,3-17,20H2,1-2H3;11-12,14-15H,3-10,13H2,1-2H3/q2*+1. The molecule has 0 radical (unpaired) electrons. The zero-order valence-electron chi connectivity index (χ0n) is 28.2. The van der Waals surface area contributed by atoms with Gasteiger partial charge in [0.05, 0.1) is 0 Å². The summed E-state index contributed by atoms with van der Waals surface area (Å²) in [5.41, 5.74) is 2.86. The van der Waals surface area contributed by atoms with Gasteiger partial charge in [0.25, 0.3) is 0 Å². The Hall–Kier alpha value is -1.70. The number of unbranched alkanes of at least 4 members (excludes halogenated alkanes) is 19. The van der Waals surface area contributed by atoms with Gasteiger partial charge in [0, 0.05) is 37.1 Å². The van der Waals surface area contributed by atoms with Gasteiger partial charge < -0.3 is 0 Å². The lowest BCUT2D eigenvalue weighted by Gasteiger charge is -2.03. The average molecular weight is 567 g/mol. The van der Waals surface area contributed by atoms with Crippen LogP contribution in [-0.2, 0) is 19.5 Å². The Kier molecular flexibility index (Phi) is 25.9. The maximum atomic E-state index is 2.36. The van der Waals surface area contributed by atoms with Crippen LogP contribution in [0.15, 0.2) is 49.1 Å². The predicted octanol–water partition coefficient (Wildman–Crippen LogP) is 11.4. The quantitative estimate of drug-likeness (QED) is 0.0834. The monoisotopic (exact) mass is 567 g/mol. The van der Waals surface area contributed by atoms with E-state index in [9.17, 15) is 0 Å². The summed E-state index contributed by atoms with van der Waals surface area (Å²) in [6.07, 6.45) is 40.9. The third-order valence-electron chi connectivity index (χ3n) is 8.38. The molecule has 0 atom stereocenters. The highest BCUT2D eigenvalue weighted by molar-refractivity contribution is 5.07. The van der Waals surface area contributed by atoms with Crippen LogP contribution in [0.5, 0.6) is 0 Å². The highest BCUT2D eigenvalue weighted by atomic mass is 14.9. The molecule has 0 amide bonds. The first-order valence-electron chi connectivity index (χ1n) is 18.1. The van der Waals surface area contributed by atoms with E-state index in [1.807, 2.05) is 0 Å². The lowest BCUT2D eigenvalue weighted by atomic mass is 10.1. The van der Waals surface area contributed by atoms with Crippen LogP contribution >= 0.6 is 0 Å². The van der Waals surface area contributed by atoms with E-state index >= 15 is 0 Å². The fourth-order valence-electron chi connectivity index (χ4n) is 5.45. The van der Waals surface area contributed by atoms with Gasteiger partial charge in [-0.05, 0) is 43.7 Å². The van der Waals surface area contributed by atoms with Crippen molar-refractivity contribution in [3.63, 3.8) is 0 Å². The Labute approximate surface area is 257 Å². The van der Waals surface area contributed by atoms with E-state index in [1.54, 1.807) is 0 Å². The molecule has 2 nitrogen and oxygen atoms in total. The van der Waals surface area contributed by atoms with Crippen molar-refractivity contribution >= 4 is 0 Å². The van der Waals surface area contributed by atoms with Crippen LogP contribution in [0.4, 0.5) is 0 Å². The molecule has 2 rings (SSSR count). The second-order valence-electron chi connectivity index (χ2n) is 12.5. The van der Waals surface area contributed by atoms with Gasteiger partial charge in [-0.25, -0.2) is 9.13 Å². The second-order valence-corrected chi connectivity index (χ2v) is 12.5. The molecular weight excluding hydrogens is 496 g/mol. The predicted molar refractivity (Wildman–Crippen MR) is 180 cm³/mol. The van der Waals surface area contributed by atoms with Crippen molar-refractivity contribution in [2.75, 3.05) is 0 Å². The molecule has 0 aliphatic rings. The summed E-state index contributed by atoms with van der Waals surface area (Å²) in [7, 11) is 0. The summed E-state index contributed by atoms with van der Waals surface area (Å²) in [5, 5.41) is 0. The van der Waals surface area contributed by atoms with Gasteiger partial charge in [0.1, 0.15) is 13.1 Å². The molecule has 0 N–H and O–H groups in total. The summed E-state index contributed by atoms with van der Waals surface area (Å²) in [5.74, 6) is 0. The van der Waals surface area contributed by atoms with Crippen molar-refractivity contribution in [2.24, 2.45) is 0 Å². The van der Waals surface area contributed by atoms with Crippen molar-refractivity contribution < 1.29 is 9.13 Å². The topological polar surface area (TPSA) is 7.76 Å². The Morgan fingerprint density at radius 1 is 0.390 bits per heavy atom. The second kappa shape index (κ2) is 28.4. The SMILES string of the molecule is CCCCCCCCCC[n+]1ccc(C)cc1.CCCCCCCCCC[n+]1ccc(CCCCCCCC)cc1. The largest absolute Gasteiger partial charge is 0.205 e. The third kappa shape index (κ3) is 23.5. The van der Waals surface area contributed by atoms with Gasteiger partial charge in [-0.1, -0.05) is 130 Å². The van der Waals surface area contributed by atoms with E-state index in [0.29, 0.717) is 0 Å². The van der Waals surface area contributed by atoms with Crippen LogP contribution < -0.4 is 9.13 Å². The van der Waals surface area contributed by atoms with E-state index in [-0.39, 0.29) is 0 Å². The number of hydrogen-bond donors (Lipinski definition) is 0. The minimum Gasteiger partial charge on any atom is -0.205 e. The molecular formula is C39H70N2+2. The normalized spacial score (nSPS) is 10.9. The van der Waals surface area contributed by atoms with Crippen LogP contribution in [0.1, 0.15) is 173 Å². The molecule has 2 heterocycles. The molecule has 0 saturated carbocycles. The van der Waals surface area contributed by atoms with Crippen LogP contribution in [0, 0.1) is 6.92 Å². The molecule has 0 aliphatic carbocycles. The maximum Gasteiger partial charge on any atom is 0.169 e. The molecule has 0 bridgehead atoms. The molecule has 2 aromatic heterocycles.